The van der Waals surface area contributed by atoms with Crippen LogP contribution in [0.2, 0.25) is 0 Å². The van der Waals surface area contributed by atoms with Crippen LogP contribution >= 0.6 is 11.3 Å². The third-order valence-electron chi connectivity index (χ3n) is 5.61. The third kappa shape index (κ3) is 6.40. The molecule has 0 bridgehead atoms. The Kier molecular flexibility index (Phi) is 7.91. The van der Waals surface area contributed by atoms with Gasteiger partial charge in [-0.1, -0.05) is 30.3 Å². The monoisotopic (exact) mass is 453 g/mol. The second-order valence-corrected chi connectivity index (χ2v) is 8.83. The van der Waals surface area contributed by atoms with Crippen molar-refractivity contribution in [1.82, 2.24) is 4.90 Å². The van der Waals surface area contributed by atoms with Crippen LogP contribution in [0.5, 0.6) is 5.75 Å². The van der Waals surface area contributed by atoms with Crippen LogP contribution in [0.25, 0.3) is 0 Å². The molecule has 6 heteroatoms. The fraction of sp³-hybridized carbons (Fsp3) is 0.346. The van der Waals surface area contributed by atoms with Gasteiger partial charge >= 0.3 is 0 Å². The Morgan fingerprint density at radius 1 is 1.16 bits per heavy atom. The van der Waals surface area contributed by atoms with Gasteiger partial charge in [-0.2, -0.15) is 11.3 Å². The Labute approximate surface area is 192 Å². The van der Waals surface area contributed by atoms with Gasteiger partial charge in [0.15, 0.2) is 0 Å². The summed E-state index contributed by atoms with van der Waals surface area (Å²) in [5.41, 5.74) is 2.69. The first kappa shape index (κ1) is 22.5. The van der Waals surface area contributed by atoms with E-state index in [2.05, 4.69) is 0 Å². The Hall–Kier alpha value is -2.70. The maximum atomic E-state index is 13.8. The number of amides is 1. The molecule has 3 aromatic rings. The van der Waals surface area contributed by atoms with Crippen molar-refractivity contribution in [3.8, 4) is 5.75 Å². The van der Waals surface area contributed by atoms with Crippen molar-refractivity contribution in [2.45, 2.75) is 38.3 Å². The van der Waals surface area contributed by atoms with E-state index in [0.29, 0.717) is 38.1 Å². The van der Waals surface area contributed by atoms with Crippen LogP contribution in [0, 0.1) is 5.82 Å². The Morgan fingerprint density at radius 2 is 2.06 bits per heavy atom. The number of hydrogen-bond donors (Lipinski definition) is 0. The summed E-state index contributed by atoms with van der Waals surface area (Å²) in [4.78, 5) is 15.0. The second kappa shape index (κ2) is 11.2. The van der Waals surface area contributed by atoms with Crippen molar-refractivity contribution < 1.29 is 18.7 Å². The van der Waals surface area contributed by atoms with Gasteiger partial charge in [-0.25, -0.2) is 4.39 Å². The van der Waals surface area contributed by atoms with Crippen LogP contribution in [0.1, 0.15) is 29.5 Å². The second-order valence-electron chi connectivity index (χ2n) is 8.05. The molecule has 1 aliphatic heterocycles. The predicted molar refractivity (Wildman–Crippen MR) is 124 cm³/mol. The largest absolute Gasteiger partial charge is 0.493 e. The maximum Gasteiger partial charge on any atom is 0.227 e. The number of ether oxygens (including phenoxy) is 2. The van der Waals surface area contributed by atoms with Gasteiger partial charge in [0.05, 0.1) is 19.1 Å². The minimum atomic E-state index is -0.209. The van der Waals surface area contributed by atoms with Crippen LogP contribution < -0.4 is 4.74 Å². The van der Waals surface area contributed by atoms with Crippen LogP contribution in [0.15, 0.2) is 65.4 Å². The van der Waals surface area contributed by atoms with E-state index in [1.165, 1.54) is 6.07 Å². The third-order valence-corrected chi connectivity index (χ3v) is 6.34. The maximum absolute atomic E-state index is 13.8. The summed E-state index contributed by atoms with van der Waals surface area (Å²) in [6.07, 6.45) is 3.03. The molecule has 168 valence electrons. The highest BCUT2D eigenvalue weighted by molar-refractivity contribution is 7.08. The predicted octanol–water partition coefficient (Wildman–Crippen LogP) is 5.26. The van der Waals surface area contributed by atoms with E-state index in [-0.39, 0.29) is 17.8 Å². The highest BCUT2D eigenvalue weighted by Crippen LogP contribution is 2.20. The number of carbonyl (C=O) groups excluding carboxylic acids is 1. The average molecular weight is 454 g/mol. The van der Waals surface area contributed by atoms with Crippen LogP contribution in [0.3, 0.4) is 0 Å². The van der Waals surface area contributed by atoms with Gasteiger partial charge in [0.1, 0.15) is 11.6 Å². The fourth-order valence-corrected chi connectivity index (χ4v) is 4.57. The van der Waals surface area contributed by atoms with E-state index in [0.717, 1.165) is 36.3 Å². The van der Waals surface area contributed by atoms with Crippen LogP contribution in [0.4, 0.5) is 4.39 Å². The number of hydrogen-bond acceptors (Lipinski definition) is 4. The van der Waals surface area contributed by atoms with E-state index in [1.807, 2.05) is 52.1 Å². The summed E-state index contributed by atoms with van der Waals surface area (Å²) in [6.45, 7) is 2.26. The standard InChI is InChI=1S/C26H28FNO3S/c27-25-9-2-1-6-22(25)10-13-31-23-7-3-5-20(15-23)17-28(18-24-8-4-12-30-24)26(29)16-21-11-14-32-19-21/h1-3,5-7,9,11,14-15,19,24H,4,8,10,12-13,16-18H2. The number of thiophene rings is 1. The quantitative estimate of drug-likeness (QED) is 0.420. The zero-order valence-corrected chi connectivity index (χ0v) is 18.9. The molecular formula is C26H28FNO3S. The van der Waals surface area contributed by atoms with Crippen molar-refractivity contribution in [1.29, 1.82) is 0 Å². The Morgan fingerprint density at radius 3 is 2.84 bits per heavy atom. The van der Waals surface area contributed by atoms with Crippen molar-refractivity contribution in [3.05, 3.63) is 87.9 Å². The fourth-order valence-electron chi connectivity index (χ4n) is 3.90. The summed E-state index contributed by atoms with van der Waals surface area (Å²) >= 11 is 1.60. The summed E-state index contributed by atoms with van der Waals surface area (Å²) in [5.74, 6) is 0.615. The highest BCUT2D eigenvalue weighted by atomic mass is 32.1. The summed E-state index contributed by atoms with van der Waals surface area (Å²) in [5, 5.41) is 4.02. The van der Waals surface area contributed by atoms with Crippen LogP contribution in [-0.4, -0.2) is 36.7 Å². The molecule has 2 heterocycles. The SMILES string of the molecule is O=C(Cc1ccsc1)N(Cc1cccc(OCCc2ccccc2F)c1)CC1CCCO1. The first-order chi connectivity index (χ1) is 15.7. The molecule has 1 amide bonds. The van der Waals surface area contributed by atoms with Gasteiger partial charge in [-0.15, -0.1) is 0 Å². The molecule has 0 aliphatic carbocycles. The molecule has 1 aliphatic rings. The molecule has 1 saturated heterocycles. The normalized spacial score (nSPS) is 15.6. The summed E-state index contributed by atoms with van der Waals surface area (Å²) < 4.78 is 25.5. The summed E-state index contributed by atoms with van der Waals surface area (Å²) in [7, 11) is 0. The molecule has 4 nitrogen and oxygen atoms in total. The minimum absolute atomic E-state index is 0.0987. The number of benzene rings is 2. The van der Waals surface area contributed by atoms with E-state index in [1.54, 1.807) is 23.5 Å². The molecule has 0 radical (unpaired) electrons. The average Bonchev–Trinajstić information content (AvgIpc) is 3.49. The zero-order valence-electron chi connectivity index (χ0n) is 18.0. The Balaban J connectivity index is 1.38. The summed E-state index contributed by atoms with van der Waals surface area (Å²) in [6, 6.07) is 16.5. The van der Waals surface area contributed by atoms with Gasteiger partial charge in [0, 0.05) is 26.1 Å². The van der Waals surface area contributed by atoms with E-state index >= 15 is 0 Å². The van der Waals surface area contributed by atoms with Crippen molar-refractivity contribution >= 4 is 17.2 Å². The van der Waals surface area contributed by atoms with E-state index in [4.69, 9.17) is 9.47 Å². The number of rotatable bonds is 10. The first-order valence-electron chi connectivity index (χ1n) is 11.0. The van der Waals surface area contributed by atoms with Gasteiger partial charge < -0.3 is 14.4 Å². The molecule has 1 aromatic heterocycles. The van der Waals surface area contributed by atoms with Gasteiger partial charge in [0.2, 0.25) is 5.91 Å². The first-order valence-corrected chi connectivity index (χ1v) is 12.0. The van der Waals surface area contributed by atoms with Gasteiger partial charge in [-0.3, -0.25) is 4.79 Å². The zero-order chi connectivity index (χ0) is 22.2. The van der Waals surface area contributed by atoms with Gasteiger partial charge in [-0.05, 0) is 64.6 Å². The number of nitrogens with zero attached hydrogens (tertiary/aromatic N) is 1. The lowest BCUT2D eigenvalue weighted by atomic mass is 10.1. The molecule has 2 aromatic carbocycles. The molecular weight excluding hydrogens is 425 g/mol. The van der Waals surface area contributed by atoms with Crippen molar-refractivity contribution in [2.24, 2.45) is 0 Å². The topological polar surface area (TPSA) is 38.8 Å². The van der Waals surface area contributed by atoms with E-state index in [9.17, 15) is 9.18 Å². The molecule has 0 saturated carbocycles. The number of carbonyl (C=O) groups is 1. The lowest BCUT2D eigenvalue weighted by molar-refractivity contribution is -0.132. The molecule has 1 fully saturated rings. The molecule has 1 atom stereocenters. The van der Waals surface area contributed by atoms with Crippen molar-refractivity contribution in [2.75, 3.05) is 19.8 Å². The lowest BCUT2D eigenvalue weighted by Crippen LogP contribution is -2.37. The highest BCUT2D eigenvalue weighted by Gasteiger charge is 2.23. The number of halogens is 1. The molecule has 0 spiro atoms. The van der Waals surface area contributed by atoms with Gasteiger partial charge in [0.25, 0.3) is 0 Å². The Bertz CT molecular complexity index is 1000. The lowest BCUT2D eigenvalue weighted by Gasteiger charge is -2.26. The smallest absolute Gasteiger partial charge is 0.227 e. The minimum Gasteiger partial charge on any atom is -0.493 e. The molecule has 4 rings (SSSR count). The molecule has 32 heavy (non-hydrogen) atoms. The van der Waals surface area contributed by atoms with Crippen molar-refractivity contribution in [3.63, 3.8) is 0 Å². The molecule has 0 N–H and O–H groups in total. The van der Waals surface area contributed by atoms with E-state index < -0.39 is 0 Å². The molecule has 1 unspecified atom stereocenters. The van der Waals surface area contributed by atoms with Crippen LogP contribution in [-0.2, 0) is 28.9 Å².